The van der Waals surface area contributed by atoms with Gasteiger partial charge < -0.3 is 10.5 Å². The molecule has 0 aliphatic rings. The molecule has 7 heteroatoms. The Morgan fingerprint density at radius 1 is 1.07 bits per heavy atom. The molecule has 2 rings (SSSR count). The summed E-state index contributed by atoms with van der Waals surface area (Å²) >= 11 is 0. The van der Waals surface area contributed by atoms with Gasteiger partial charge in [-0.3, -0.25) is 4.79 Å². The molecule has 0 aromatic heterocycles. The highest BCUT2D eigenvalue weighted by Crippen LogP contribution is 2.31. The fourth-order valence-corrected chi connectivity index (χ4v) is 3.41. The molecule has 0 aliphatic carbocycles. The number of allylic oxidation sites excluding steroid dienone is 1. The lowest BCUT2D eigenvalue weighted by atomic mass is 9.79. The van der Waals surface area contributed by atoms with Crippen LogP contribution in [0.4, 0.5) is 17.6 Å². The van der Waals surface area contributed by atoms with E-state index in [1.807, 2.05) is 0 Å². The van der Waals surface area contributed by atoms with E-state index in [1.54, 1.807) is 25.1 Å². The van der Waals surface area contributed by atoms with Crippen molar-refractivity contribution in [1.82, 2.24) is 0 Å². The van der Waals surface area contributed by atoms with Crippen LogP contribution in [0.15, 0.2) is 61.2 Å². The van der Waals surface area contributed by atoms with Crippen LogP contribution in [0.5, 0.6) is 0 Å². The summed E-state index contributed by atoms with van der Waals surface area (Å²) in [7, 11) is 0. The molecule has 0 heterocycles. The van der Waals surface area contributed by atoms with Crippen molar-refractivity contribution in [3.8, 4) is 0 Å². The highest BCUT2D eigenvalue weighted by molar-refractivity contribution is 5.71. The van der Waals surface area contributed by atoms with Gasteiger partial charge in [-0.15, -0.1) is 6.58 Å². The molecule has 0 amide bonds. The molecule has 0 aliphatic heterocycles. The van der Waals surface area contributed by atoms with Gasteiger partial charge in [0.15, 0.2) is 0 Å². The van der Waals surface area contributed by atoms with Crippen molar-refractivity contribution in [2.24, 2.45) is 17.6 Å². The van der Waals surface area contributed by atoms with Crippen molar-refractivity contribution in [2.75, 3.05) is 6.54 Å². The number of rotatable bonds is 9. The van der Waals surface area contributed by atoms with Crippen molar-refractivity contribution in [2.45, 2.75) is 32.0 Å². The number of benzene rings is 2. The predicted octanol–water partition coefficient (Wildman–Crippen LogP) is 4.94. The third-order valence-electron chi connectivity index (χ3n) is 5.08. The van der Waals surface area contributed by atoms with Gasteiger partial charge in [0, 0.05) is 5.92 Å². The van der Waals surface area contributed by atoms with Crippen LogP contribution in [-0.4, -0.2) is 18.6 Å². The second-order valence-corrected chi connectivity index (χ2v) is 7.19. The zero-order valence-electron chi connectivity index (χ0n) is 16.7. The molecule has 2 N–H and O–H groups in total. The maximum absolute atomic E-state index is 13.2. The number of esters is 1. The minimum absolute atomic E-state index is 0.202. The second-order valence-electron chi connectivity index (χ2n) is 7.19. The second kappa shape index (κ2) is 10.4. The minimum atomic E-state index is -4.40. The molecule has 0 bridgehead atoms. The number of carbonyl (C=O) groups excluding carboxylic acids is 1. The van der Waals surface area contributed by atoms with Crippen LogP contribution in [0.1, 0.15) is 23.6 Å². The number of halogens is 4. The molecule has 0 spiro atoms. The Morgan fingerprint density at radius 3 is 2.10 bits per heavy atom. The monoisotopic (exact) mass is 423 g/mol. The van der Waals surface area contributed by atoms with E-state index in [9.17, 15) is 22.4 Å². The first-order valence-electron chi connectivity index (χ1n) is 9.56. The molecule has 2 aromatic carbocycles. The Bertz CT molecular complexity index is 832. The smallest absolute Gasteiger partial charge is 0.416 e. The average molecular weight is 423 g/mol. The minimum Gasteiger partial charge on any atom is -0.461 e. The van der Waals surface area contributed by atoms with Gasteiger partial charge in [-0.1, -0.05) is 30.3 Å². The van der Waals surface area contributed by atoms with Crippen molar-refractivity contribution in [3.05, 3.63) is 83.7 Å². The zero-order valence-corrected chi connectivity index (χ0v) is 16.7. The molecule has 0 saturated heterocycles. The SMILES string of the molecule is C=C[C@H](Cc1ccc(C(F)(F)F)cc1)[C@@H](Cc1ccc(F)cc1)[C@H](C)OC(=O)CN. The Balaban J connectivity index is 2.25. The van der Waals surface area contributed by atoms with Crippen LogP contribution in [-0.2, 0) is 28.5 Å². The van der Waals surface area contributed by atoms with Crippen LogP contribution in [0, 0.1) is 17.7 Å². The molecule has 3 nitrogen and oxygen atoms in total. The lowest BCUT2D eigenvalue weighted by Gasteiger charge is -2.30. The van der Waals surface area contributed by atoms with E-state index >= 15 is 0 Å². The van der Waals surface area contributed by atoms with Crippen molar-refractivity contribution < 1.29 is 27.1 Å². The fraction of sp³-hybridized carbons (Fsp3) is 0.348. The van der Waals surface area contributed by atoms with E-state index in [0.29, 0.717) is 18.4 Å². The first-order valence-corrected chi connectivity index (χ1v) is 9.56. The largest absolute Gasteiger partial charge is 0.461 e. The molecule has 0 radical (unpaired) electrons. The van der Waals surface area contributed by atoms with Gasteiger partial charge in [0.25, 0.3) is 0 Å². The van der Waals surface area contributed by atoms with Gasteiger partial charge in [0.1, 0.15) is 11.9 Å². The number of nitrogens with two attached hydrogens (primary N) is 1. The first-order chi connectivity index (χ1) is 14.1. The van der Waals surface area contributed by atoms with Gasteiger partial charge in [-0.2, -0.15) is 13.2 Å². The number of alkyl halides is 3. The summed E-state index contributed by atoms with van der Waals surface area (Å²) in [4.78, 5) is 11.7. The zero-order chi connectivity index (χ0) is 22.3. The van der Waals surface area contributed by atoms with E-state index in [1.165, 1.54) is 24.3 Å². The van der Waals surface area contributed by atoms with E-state index in [0.717, 1.165) is 17.7 Å². The van der Waals surface area contributed by atoms with Crippen molar-refractivity contribution in [3.63, 3.8) is 0 Å². The summed E-state index contributed by atoms with van der Waals surface area (Å²) in [5.74, 6) is -1.34. The van der Waals surface area contributed by atoms with E-state index in [-0.39, 0.29) is 24.2 Å². The number of ether oxygens (including phenoxy) is 1. The van der Waals surface area contributed by atoms with Crippen LogP contribution in [0.2, 0.25) is 0 Å². The van der Waals surface area contributed by atoms with Gasteiger partial charge >= 0.3 is 12.1 Å². The summed E-state index contributed by atoms with van der Waals surface area (Å²) in [6.07, 6.45) is -2.33. The quantitative estimate of drug-likeness (QED) is 0.353. The third-order valence-corrected chi connectivity index (χ3v) is 5.08. The Labute approximate surface area is 173 Å². The molecule has 30 heavy (non-hydrogen) atoms. The van der Waals surface area contributed by atoms with Crippen LogP contribution in [0.25, 0.3) is 0 Å². The highest BCUT2D eigenvalue weighted by Gasteiger charge is 2.31. The number of carbonyl (C=O) groups is 1. The topological polar surface area (TPSA) is 52.3 Å². The van der Waals surface area contributed by atoms with Crippen LogP contribution >= 0.6 is 0 Å². The summed E-state index contributed by atoms with van der Waals surface area (Å²) in [5.41, 5.74) is 6.18. The maximum Gasteiger partial charge on any atom is 0.416 e. The summed E-state index contributed by atoms with van der Waals surface area (Å²) in [5, 5.41) is 0. The van der Waals surface area contributed by atoms with Crippen LogP contribution < -0.4 is 5.73 Å². The normalized spacial score (nSPS) is 14.6. The van der Waals surface area contributed by atoms with E-state index < -0.39 is 23.8 Å². The van der Waals surface area contributed by atoms with E-state index in [4.69, 9.17) is 10.5 Å². The third kappa shape index (κ3) is 6.69. The molecular weight excluding hydrogens is 398 g/mol. The molecule has 0 fully saturated rings. The summed E-state index contributed by atoms with van der Waals surface area (Å²) in [6.45, 7) is 5.35. The molecule has 0 saturated carbocycles. The molecular formula is C23H25F4NO2. The lowest BCUT2D eigenvalue weighted by molar-refractivity contribution is -0.149. The predicted molar refractivity (Wildman–Crippen MR) is 107 cm³/mol. The Hall–Kier alpha value is -2.67. The highest BCUT2D eigenvalue weighted by atomic mass is 19.4. The molecule has 0 unspecified atom stereocenters. The average Bonchev–Trinajstić information content (AvgIpc) is 2.71. The lowest BCUT2D eigenvalue weighted by Crippen LogP contribution is -2.33. The summed E-state index contributed by atoms with van der Waals surface area (Å²) < 4.78 is 57.1. The number of hydrogen-bond acceptors (Lipinski definition) is 3. The van der Waals surface area contributed by atoms with E-state index in [2.05, 4.69) is 6.58 Å². The number of hydrogen-bond donors (Lipinski definition) is 1. The molecule has 162 valence electrons. The van der Waals surface area contributed by atoms with Gasteiger partial charge in [-0.25, -0.2) is 4.39 Å². The molecule has 2 aromatic rings. The Morgan fingerprint density at radius 2 is 1.60 bits per heavy atom. The standard InChI is InChI=1S/C23H25F4NO2/c1-3-18(12-16-4-8-19(9-5-16)23(25,26)27)21(15(2)30-22(29)14-28)13-17-6-10-20(24)11-7-17/h3-11,15,18,21H,1,12-14,28H2,2H3/t15-,18+,21-/m0/s1. The first kappa shape index (κ1) is 23.6. The van der Waals surface area contributed by atoms with Gasteiger partial charge in [-0.05, 0) is 61.1 Å². The fourth-order valence-electron chi connectivity index (χ4n) is 3.41. The van der Waals surface area contributed by atoms with Crippen molar-refractivity contribution >= 4 is 5.97 Å². The van der Waals surface area contributed by atoms with Crippen molar-refractivity contribution in [1.29, 1.82) is 0 Å². The van der Waals surface area contributed by atoms with Gasteiger partial charge in [0.2, 0.25) is 0 Å². The summed E-state index contributed by atoms with van der Waals surface area (Å²) in [6, 6.07) is 11.0. The van der Waals surface area contributed by atoms with Crippen LogP contribution in [0.3, 0.4) is 0 Å². The Kier molecular flexibility index (Phi) is 8.17. The molecule has 3 atom stereocenters. The van der Waals surface area contributed by atoms with Gasteiger partial charge in [0.05, 0.1) is 12.1 Å². The maximum atomic E-state index is 13.2.